The van der Waals surface area contributed by atoms with Gasteiger partial charge in [-0.3, -0.25) is 4.79 Å². The number of halogens is 2. The van der Waals surface area contributed by atoms with E-state index in [-0.39, 0.29) is 23.2 Å². The summed E-state index contributed by atoms with van der Waals surface area (Å²) < 4.78 is 34.0. The third-order valence-electron chi connectivity index (χ3n) is 6.22. The predicted octanol–water partition coefficient (Wildman–Crippen LogP) is 4.69. The molecule has 168 valence electrons. The van der Waals surface area contributed by atoms with Crippen molar-refractivity contribution in [3.63, 3.8) is 0 Å². The summed E-state index contributed by atoms with van der Waals surface area (Å²) in [7, 11) is 1.38. The van der Waals surface area contributed by atoms with Gasteiger partial charge in [-0.25, -0.2) is 13.6 Å². The number of rotatable bonds is 7. The van der Waals surface area contributed by atoms with Gasteiger partial charge in [-0.1, -0.05) is 18.2 Å². The van der Waals surface area contributed by atoms with Crippen LogP contribution in [0.3, 0.4) is 0 Å². The summed E-state index contributed by atoms with van der Waals surface area (Å²) in [4.78, 5) is 27.0. The molecule has 0 spiro atoms. The van der Waals surface area contributed by atoms with Gasteiger partial charge in [0, 0.05) is 35.6 Å². The van der Waals surface area contributed by atoms with Crippen LogP contribution in [0.2, 0.25) is 0 Å². The number of ketones is 1. The van der Waals surface area contributed by atoms with Crippen LogP contribution in [0.1, 0.15) is 40.0 Å². The van der Waals surface area contributed by atoms with Crippen molar-refractivity contribution in [3.8, 4) is 0 Å². The predicted molar refractivity (Wildman–Crippen MR) is 118 cm³/mol. The number of ether oxygens (including phenoxy) is 1. The minimum absolute atomic E-state index is 0.0225. The number of aromatic nitrogens is 1. The molecule has 1 aromatic heterocycles. The van der Waals surface area contributed by atoms with Crippen LogP contribution in [0.25, 0.3) is 10.9 Å². The zero-order valence-corrected chi connectivity index (χ0v) is 18.0. The van der Waals surface area contributed by atoms with E-state index in [1.165, 1.54) is 13.2 Å². The summed E-state index contributed by atoms with van der Waals surface area (Å²) >= 11 is 0. The molecule has 0 aliphatic carbocycles. The van der Waals surface area contributed by atoms with E-state index in [0.29, 0.717) is 18.4 Å². The zero-order chi connectivity index (χ0) is 22.7. The van der Waals surface area contributed by atoms with E-state index in [1.807, 2.05) is 30.5 Å². The molecule has 1 aliphatic rings. The average molecular weight is 440 g/mol. The molecule has 0 N–H and O–H groups in total. The highest BCUT2D eigenvalue weighted by Crippen LogP contribution is 2.25. The van der Waals surface area contributed by atoms with E-state index in [0.717, 1.165) is 55.6 Å². The van der Waals surface area contributed by atoms with Crippen LogP contribution in [0.15, 0.2) is 48.7 Å². The Labute approximate surface area is 185 Å². The molecule has 1 saturated heterocycles. The molecule has 0 bridgehead atoms. The standard InChI is InChI=1S/C25H26F2N2O3/c1-32-25(31)21-16-29(23-6-3-2-5-19(21)23)12-4-11-28-13-9-17(10-14-28)24(30)20-8-7-18(26)15-22(20)27/h2-3,5-8,15-17H,4,9-14H2,1H3. The van der Waals surface area contributed by atoms with Crippen LogP contribution in [0, 0.1) is 17.6 Å². The summed E-state index contributed by atoms with van der Waals surface area (Å²) in [6, 6.07) is 10.9. The topological polar surface area (TPSA) is 51.5 Å². The Morgan fingerprint density at radius 3 is 2.50 bits per heavy atom. The fourth-order valence-corrected chi connectivity index (χ4v) is 4.50. The number of methoxy groups -OCH3 is 1. The number of hydrogen-bond acceptors (Lipinski definition) is 4. The number of fused-ring (bicyclic) bond motifs is 1. The van der Waals surface area contributed by atoms with Crippen LogP contribution in [0.5, 0.6) is 0 Å². The van der Waals surface area contributed by atoms with E-state index < -0.39 is 11.6 Å². The van der Waals surface area contributed by atoms with Crippen molar-refractivity contribution in [1.82, 2.24) is 9.47 Å². The summed E-state index contributed by atoms with van der Waals surface area (Å²) in [5.74, 6) is -2.28. The van der Waals surface area contributed by atoms with Crippen LogP contribution < -0.4 is 0 Å². The fourth-order valence-electron chi connectivity index (χ4n) is 4.50. The first-order valence-electron chi connectivity index (χ1n) is 10.9. The number of likely N-dealkylation sites (tertiary alicyclic amines) is 1. The van der Waals surface area contributed by atoms with Crippen LogP contribution in [-0.2, 0) is 11.3 Å². The van der Waals surface area contributed by atoms with Gasteiger partial charge >= 0.3 is 5.97 Å². The van der Waals surface area contributed by atoms with Gasteiger partial charge in [0.15, 0.2) is 5.78 Å². The van der Waals surface area contributed by atoms with Gasteiger partial charge < -0.3 is 14.2 Å². The lowest BCUT2D eigenvalue weighted by molar-refractivity contribution is 0.0602. The molecule has 7 heteroatoms. The Balaban J connectivity index is 1.31. The van der Waals surface area contributed by atoms with Crippen molar-refractivity contribution in [2.75, 3.05) is 26.7 Å². The molecule has 2 aromatic carbocycles. The Bertz CT molecular complexity index is 1130. The maximum Gasteiger partial charge on any atom is 0.340 e. The summed E-state index contributed by atoms with van der Waals surface area (Å²) in [5.41, 5.74) is 1.54. The smallest absolute Gasteiger partial charge is 0.340 e. The second kappa shape index (κ2) is 9.61. The Kier molecular flexibility index (Phi) is 6.65. The quantitative estimate of drug-likeness (QED) is 0.395. The molecule has 0 amide bonds. The number of hydrogen-bond donors (Lipinski definition) is 0. The van der Waals surface area contributed by atoms with Crippen molar-refractivity contribution in [1.29, 1.82) is 0 Å². The molecule has 0 radical (unpaired) electrons. The number of carbonyl (C=O) groups is 2. The maximum absolute atomic E-state index is 13.9. The molecule has 1 fully saturated rings. The molecular weight excluding hydrogens is 414 g/mol. The molecule has 4 rings (SSSR count). The molecular formula is C25H26F2N2O3. The number of piperidine rings is 1. The fraction of sp³-hybridized carbons (Fsp3) is 0.360. The highest BCUT2D eigenvalue weighted by atomic mass is 19.1. The molecule has 2 heterocycles. The van der Waals surface area contributed by atoms with Crippen molar-refractivity contribution < 1.29 is 23.1 Å². The number of esters is 1. The van der Waals surface area contributed by atoms with Gasteiger partial charge in [0.05, 0.1) is 18.2 Å². The lowest BCUT2D eigenvalue weighted by Gasteiger charge is -2.31. The first kappa shape index (κ1) is 22.1. The van der Waals surface area contributed by atoms with Gasteiger partial charge in [-0.2, -0.15) is 0 Å². The Hall–Kier alpha value is -3.06. The average Bonchev–Trinajstić information content (AvgIpc) is 3.17. The third-order valence-corrected chi connectivity index (χ3v) is 6.22. The number of para-hydroxylation sites is 1. The molecule has 1 aliphatic heterocycles. The second-order valence-electron chi connectivity index (χ2n) is 8.20. The van der Waals surface area contributed by atoms with Crippen LogP contribution in [0.4, 0.5) is 8.78 Å². The lowest BCUT2D eigenvalue weighted by atomic mass is 9.88. The molecule has 32 heavy (non-hydrogen) atoms. The molecule has 0 unspecified atom stereocenters. The molecule has 3 aromatic rings. The number of carbonyl (C=O) groups excluding carboxylic acids is 2. The van der Waals surface area contributed by atoms with E-state index in [1.54, 1.807) is 0 Å². The molecule has 0 saturated carbocycles. The van der Waals surface area contributed by atoms with Crippen molar-refractivity contribution in [2.45, 2.75) is 25.8 Å². The summed E-state index contributed by atoms with van der Waals surface area (Å²) in [6.07, 6.45) is 4.06. The van der Waals surface area contributed by atoms with Crippen molar-refractivity contribution >= 4 is 22.7 Å². The molecule has 5 nitrogen and oxygen atoms in total. The number of aryl methyl sites for hydroxylation is 1. The number of Topliss-reactive ketones (excluding diaryl/α,β-unsaturated/α-hetero) is 1. The second-order valence-corrected chi connectivity index (χ2v) is 8.20. The Morgan fingerprint density at radius 1 is 1.03 bits per heavy atom. The summed E-state index contributed by atoms with van der Waals surface area (Å²) in [6.45, 7) is 3.15. The van der Waals surface area contributed by atoms with Crippen LogP contribution in [-0.4, -0.2) is 48.0 Å². The van der Waals surface area contributed by atoms with Gasteiger partial charge in [0.1, 0.15) is 11.6 Å². The van der Waals surface area contributed by atoms with E-state index in [4.69, 9.17) is 4.74 Å². The monoisotopic (exact) mass is 440 g/mol. The largest absolute Gasteiger partial charge is 0.465 e. The van der Waals surface area contributed by atoms with Gasteiger partial charge in [0.2, 0.25) is 0 Å². The van der Waals surface area contributed by atoms with Crippen LogP contribution >= 0.6 is 0 Å². The zero-order valence-electron chi connectivity index (χ0n) is 18.0. The lowest BCUT2D eigenvalue weighted by Crippen LogP contribution is -2.37. The SMILES string of the molecule is COC(=O)c1cn(CCCN2CCC(C(=O)c3ccc(F)cc3F)CC2)c2ccccc12. The van der Waals surface area contributed by atoms with Gasteiger partial charge in [-0.05, 0) is 57.1 Å². The van der Waals surface area contributed by atoms with E-state index in [9.17, 15) is 18.4 Å². The highest BCUT2D eigenvalue weighted by molar-refractivity contribution is 6.04. The summed E-state index contributed by atoms with van der Waals surface area (Å²) in [5, 5.41) is 0.881. The van der Waals surface area contributed by atoms with Gasteiger partial charge in [-0.15, -0.1) is 0 Å². The minimum atomic E-state index is -0.789. The Morgan fingerprint density at radius 2 is 1.78 bits per heavy atom. The maximum atomic E-state index is 13.9. The molecule has 0 atom stereocenters. The van der Waals surface area contributed by atoms with E-state index >= 15 is 0 Å². The van der Waals surface area contributed by atoms with Crippen molar-refractivity contribution in [3.05, 3.63) is 71.4 Å². The minimum Gasteiger partial charge on any atom is -0.465 e. The van der Waals surface area contributed by atoms with Crippen molar-refractivity contribution in [2.24, 2.45) is 5.92 Å². The number of benzene rings is 2. The number of nitrogens with zero attached hydrogens (tertiary/aromatic N) is 2. The van der Waals surface area contributed by atoms with Gasteiger partial charge in [0.25, 0.3) is 0 Å². The highest BCUT2D eigenvalue weighted by Gasteiger charge is 2.27. The first-order valence-corrected chi connectivity index (χ1v) is 10.9. The normalized spacial score (nSPS) is 15.2. The van der Waals surface area contributed by atoms with E-state index in [2.05, 4.69) is 9.47 Å². The third kappa shape index (κ3) is 4.58. The first-order chi connectivity index (χ1) is 15.5.